The van der Waals surface area contributed by atoms with E-state index in [0.29, 0.717) is 6.04 Å². The molecule has 102 valence electrons. The van der Waals surface area contributed by atoms with Gasteiger partial charge in [-0.2, -0.15) is 0 Å². The highest BCUT2D eigenvalue weighted by molar-refractivity contribution is 5.50. The van der Waals surface area contributed by atoms with Crippen LogP contribution >= 0.6 is 0 Å². The molecule has 0 spiro atoms. The van der Waals surface area contributed by atoms with Crippen molar-refractivity contribution in [1.82, 2.24) is 4.90 Å². The van der Waals surface area contributed by atoms with Crippen molar-refractivity contribution in [3.63, 3.8) is 0 Å². The van der Waals surface area contributed by atoms with Crippen molar-refractivity contribution in [2.24, 2.45) is 5.73 Å². The molecule has 3 rings (SSSR count). The minimum absolute atomic E-state index is 0.383. The van der Waals surface area contributed by atoms with Gasteiger partial charge in [0, 0.05) is 31.2 Å². The van der Waals surface area contributed by atoms with E-state index >= 15 is 0 Å². The molecule has 0 fully saturated rings. The summed E-state index contributed by atoms with van der Waals surface area (Å²) in [4.78, 5) is 2.48. The molecule has 0 unspecified atom stereocenters. The summed E-state index contributed by atoms with van der Waals surface area (Å²) in [6.07, 6.45) is 4.09. The third-order valence-corrected chi connectivity index (χ3v) is 4.13. The second kappa shape index (κ2) is 4.78. The van der Waals surface area contributed by atoms with Crippen LogP contribution in [-0.2, 0) is 6.42 Å². The van der Waals surface area contributed by atoms with Gasteiger partial charge in [0.1, 0.15) is 0 Å². The molecule has 2 N–H and O–H groups in total. The maximum Gasteiger partial charge on any atom is 0.161 e. The van der Waals surface area contributed by atoms with Crippen LogP contribution in [0.1, 0.15) is 23.6 Å². The molecule has 2 aliphatic heterocycles. The summed E-state index contributed by atoms with van der Waals surface area (Å²) < 4.78 is 10.8. The van der Waals surface area contributed by atoms with E-state index in [-0.39, 0.29) is 0 Å². The van der Waals surface area contributed by atoms with Gasteiger partial charge in [0.2, 0.25) is 0 Å². The number of benzene rings is 1. The first-order valence-electron chi connectivity index (χ1n) is 6.66. The molecule has 0 amide bonds. The zero-order valence-electron chi connectivity index (χ0n) is 11.5. The average Bonchev–Trinajstić information content (AvgIpc) is 2.45. The van der Waals surface area contributed by atoms with Crippen LogP contribution in [0.25, 0.3) is 0 Å². The van der Waals surface area contributed by atoms with Crippen molar-refractivity contribution in [3.8, 4) is 11.5 Å². The quantitative estimate of drug-likeness (QED) is 0.881. The molecule has 2 aliphatic rings. The zero-order chi connectivity index (χ0) is 13.4. The standard InChI is InChI=1S/C15H20N2O2/c1-18-14-7-10-3-5-17-6-4-11(16)8-13(17)12(10)9-15(14)19-2/h4,7,9,13H,3,5-6,8,16H2,1-2H3/t13-/m0/s1. The Hall–Kier alpha value is -1.68. The topological polar surface area (TPSA) is 47.7 Å². The van der Waals surface area contributed by atoms with Gasteiger partial charge in [0.15, 0.2) is 11.5 Å². The number of methoxy groups -OCH3 is 2. The monoisotopic (exact) mass is 260 g/mol. The second-order valence-electron chi connectivity index (χ2n) is 5.15. The molecule has 1 atom stereocenters. The van der Waals surface area contributed by atoms with Crippen molar-refractivity contribution >= 4 is 0 Å². The molecule has 0 bridgehead atoms. The van der Waals surface area contributed by atoms with Crippen LogP contribution in [0.15, 0.2) is 23.9 Å². The van der Waals surface area contributed by atoms with E-state index < -0.39 is 0 Å². The lowest BCUT2D eigenvalue weighted by atomic mass is 9.87. The van der Waals surface area contributed by atoms with E-state index in [1.165, 1.54) is 11.1 Å². The smallest absolute Gasteiger partial charge is 0.161 e. The van der Waals surface area contributed by atoms with Gasteiger partial charge in [-0.1, -0.05) is 6.08 Å². The van der Waals surface area contributed by atoms with Crippen LogP contribution < -0.4 is 15.2 Å². The molecular formula is C15H20N2O2. The summed E-state index contributed by atoms with van der Waals surface area (Å²) >= 11 is 0. The van der Waals surface area contributed by atoms with E-state index in [9.17, 15) is 0 Å². The lowest BCUT2D eigenvalue weighted by Crippen LogP contribution is -2.39. The normalized spacial score (nSPS) is 22.2. The van der Waals surface area contributed by atoms with E-state index in [0.717, 1.165) is 43.1 Å². The summed E-state index contributed by atoms with van der Waals surface area (Å²) in [6.45, 7) is 2.03. The molecule has 0 aliphatic carbocycles. The number of nitrogens with zero attached hydrogens (tertiary/aromatic N) is 1. The molecule has 0 saturated heterocycles. The van der Waals surface area contributed by atoms with E-state index in [1.807, 2.05) is 0 Å². The lowest BCUT2D eigenvalue weighted by Gasteiger charge is -2.39. The van der Waals surface area contributed by atoms with Gasteiger partial charge in [0.05, 0.1) is 14.2 Å². The van der Waals surface area contributed by atoms with Crippen molar-refractivity contribution in [1.29, 1.82) is 0 Å². The highest BCUT2D eigenvalue weighted by atomic mass is 16.5. The zero-order valence-corrected chi connectivity index (χ0v) is 11.5. The lowest BCUT2D eigenvalue weighted by molar-refractivity contribution is 0.192. The summed E-state index contributed by atoms with van der Waals surface area (Å²) in [5.41, 5.74) is 9.68. The summed E-state index contributed by atoms with van der Waals surface area (Å²) in [5, 5.41) is 0. The number of hydrogen-bond acceptors (Lipinski definition) is 4. The van der Waals surface area contributed by atoms with Crippen molar-refractivity contribution in [3.05, 3.63) is 35.0 Å². The summed E-state index contributed by atoms with van der Waals surface area (Å²) in [5.74, 6) is 1.62. The molecule has 0 saturated carbocycles. The van der Waals surface area contributed by atoms with Crippen molar-refractivity contribution in [2.45, 2.75) is 18.9 Å². The molecular weight excluding hydrogens is 240 g/mol. The molecule has 0 radical (unpaired) electrons. The fraction of sp³-hybridized carbons (Fsp3) is 0.467. The molecule has 1 aromatic rings. The molecule has 0 aromatic heterocycles. The number of hydrogen-bond donors (Lipinski definition) is 1. The summed E-state index contributed by atoms with van der Waals surface area (Å²) in [7, 11) is 3.36. The molecule has 1 aromatic carbocycles. The Kier molecular flexibility index (Phi) is 3.11. The first-order valence-corrected chi connectivity index (χ1v) is 6.66. The predicted octanol–water partition coefficient (Wildman–Crippen LogP) is 1.85. The second-order valence-corrected chi connectivity index (χ2v) is 5.15. The third-order valence-electron chi connectivity index (χ3n) is 4.13. The van der Waals surface area contributed by atoms with Crippen molar-refractivity contribution < 1.29 is 9.47 Å². The molecule has 2 heterocycles. The Bertz CT molecular complexity index is 525. The first kappa shape index (κ1) is 12.4. The highest BCUT2D eigenvalue weighted by Gasteiger charge is 2.30. The van der Waals surface area contributed by atoms with Crippen LogP contribution in [0.3, 0.4) is 0 Å². The number of ether oxygens (including phenoxy) is 2. The minimum atomic E-state index is 0.383. The van der Waals surface area contributed by atoms with Gasteiger partial charge in [-0.25, -0.2) is 0 Å². The van der Waals surface area contributed by atoms with Crippen LogP contribution in [-0.4, -0.2) is 32.2 Å². The maximum atomic E-state index is 6.00. The van der Waals surface area contributed by atoms with Gasteiger partial charge in [-0.05, 0) is 29.7 Å². The van der Waals surface area contributed by atoms with Crippen LogP contribution in [0.2, 0.25) is 0 Å². The number of rotatable bonds is 2. The first-order chi connectivity index (χ1) is 9.22. The minimum Gasteiger partial charge on any atom is -0.493 e. The van der Waals surface area contributed by atoms with Crippen LogP contribution in [0.4, 0.5) is 0 Å². The summed E-state index contributed by atoms with van der Waals surface area (Å²) in [6, 6.07) is 4.61. The SMILES string of the molecule is COc1cc2c(cc1OC)[C@@H]1CC(N)=CCN1CC2. The van der Waals surface area contributed by atoms with Crippen LogP contribution in [0, 0.1) is 0 Å². The van der Waals surface area contributed by atoms with E-state index in [2.05, 4.69) is 23.1 Å². The molecule has 19 heavy (non-hydrogen) atoms. The van der Waals surface area contributed by atoms with E-state index in [1.54, 1.807) is 14.2 Å². The Morgan fingerprint density at radius 2 is 1.95 bits per heavy atom. The van der Waals surface area contributed by atoms with Crippen molar-refractivity contribution in [2.75, 3.05) is 27.3 Å². The maximum absolute atomic E-state index is 6.00. The third kappa shape index (κ3) is 2.06. The fourth-order valence-electron chi connectivity index (χ4n) is 3.08. The Morgan fingerprint density at radius 3 is 2.68 bits per heavy atom. The van der Waals surface area contributed by atoms with E-state index in [4.69, 9.17) is 15.2 Å². The highest BCUT2D eigenvalue weighted by Crippen LogP contribution is 2.41. The Balaban J connectivity index is 2.04. The Morgan fingerprint density at radius 1 is 1.21 bits per heavy atom. The number of nitrogens with two attached hydrogens (primary N) is 1. The van der Waals surface area contributed by atoms with Crippen LogP contribution in [0.5, 0.6) is 11.5 Å². The fourth-order valence-corrected chi connectivity index (χ4v) is 3.08. The predicted molar refractivity (Wildman–Crippen MR) is 74.5 cm³/mol. The van der Waals surface area contributed by atoms with Gasteiger partial charge in [0.25, 0.3) is 0 Å². The number of fused-ring (bicyclic) bond motifs is 3. The largest absolute Gasteiger partial charge is 0.493 e. The molecule has 4 heteroatoms. The van der Waals surface area contributed by atoms with Gasteiger partial charge >= 0.3 is 0 Å². The van der Waals surface area contributed by atoms with Gasteiger partial charge in [-0.3, -0.25) is 4.90 Å². The van der Waals surface area contributed by atoms with Gasteiger partial charge < -0.3 is 15.2 Å². The Labute approximate surface area is 113 Å². The van der Waals surface area contributed by atoms with Gasteiger partial charge in [-0.15, -0.1) is 0 Å². The molecule has 4 nitrogen and oxygen atoms in total. The average molecular weight is 260 g/mol.